The minimum atomic E-state index is -1.23. The number of benzene rings is 2. The number of hydrogen-bond donors (Lipinski definition) is 1. The van der Waals surface area contributed by atoms with Crippen LogP contribution in [0.15, 0.2) is 48.5 Å². The maximum Gasteiger partial charge on any atom is 0.251 e. The summed E-state index contributed by atoms with van der Waals surface area (Å²) in [5.74, 6) is -0.614. The molecular formula is C23H28N2O4. The number of nitrogens with zero attached hydrogens (tertiary/aromatic N) is 1. The monoisotopic (exact) mass is 396 g/mol. The number of carbonyl (C=O) groups excluding carboxylic acids is 2. The van der Waals surface area contributed by atoms with Gasteiger partial charge in [-0.1, -0.05) is 54.1 Å². The van der Waals surface area contributed by atoms with Crippen LogP contribution in [0, 0.1) is 6.92 Å². The van der Waals surface area contributed by atoms with Crippen LogP contribution >= 0.6 is 0 Å². The Morgan fingerprint density at radius 1 is 1.17 bits per heavy atom. The van der Waals surface area contributed by atoms with Crippen LogP contribution in [0.4, 0.5) is 0 Å². The van der Waals surface area contributed by atoms with Crippen molar-refractivity contribution in [3.8, 4) is 11.1 Å². The Morgan fingerprint density at radius 2 is 1.93 bits per heavy atom. The fraction of sp³-hybridized carbons (Fsp3) is 0.391. The molecule has 0 aromatic heterocycles. The third-order valence-electron chi connectivity index (χ3n) is 5.31. The summed E-state index contributed by atoms with van der Waals surface area (Å²) in [5, 5.41) is 0. The van der Waals surface area contributed by atoms with Gasteiger partial charge >= 0.3 is 0 Å². The van der Waals surface area contributed by atoms with Gasteiger partial charge in [0.1, 0.15) is 0 Å². The fourth-order valence-electron chi connectivity index (χ4n) is 3.62. The van der Waals surface area contributed by atoms with Gasteiger partial charge in [-0.05, 0) is 23.6 Å². The molecule has 1 aliphatic rings. The average molecular weight is 396 g/mol. The van der Waals surface area contributed by atoms with E-state index in [1.165, 1.54) is 5.56 Å². The summed E-state index contributed by atoms with van der Waals surface area (Å²) in [6.45, 7) is 3.27. The lowest BCUT2D eigenvalue weighted by atomic mass is 9.90. The largest absolute Gasteiger partial charge is 0.384 e. The van der Waals surface area contributed by atoms with Crippen LogP contribution in [0.2, 0.25) is 0 Å². The van der Waals surface area contributed by atoms with E-state index >= 15 is 0 Å². The highest BCUT2D eigenvalue weighted by Gasteiger charge is 2.43. The van der Waals surface area contributed by atoms with Crippen molar-refractivity contribution in [2.45, 2.75) is 25.4 Å². The highest BCUT2D eigenvalue weighted by atomic mass is 16.5. The van der Waals surface area contributed by atoms with Crippen LogP contribution in [-0.2, 0) is 25.5 Å². The number of methoxy groups -OCH3 is 1. The predicted octanol–water partition coefficient (Wildman–Crippen LogP) is 2.32. The lowest BCUT2D eigenvalue weighted by molar-refractivity contribution is -0.163. The number of hydrogen-bond acceptors (Lipinski definition) is 4. The standard InChI is InChI=1S/C23H28N2O4/c1-17-6-8-19(9-7-17)20-5-3-4-18(14-20)15-23(22(24)27)16-25(11-13-29-23)21(26)10-12-28-2/h3-9,14H,10-13,15-16H2,1-2H3,(H2,24,27)/t23-/m1/s1. The van der Waals surface area contributed by atoms with Crippen molar-refractivity contribution in [1.82, 2.24) is 4.90 Å². The summed E-state index contributed by atoms with van der Waals surface area (Å²) >= 11 is 0. The Morgan fingerprint density at radius 3 is 2.62 bits per heavy atom. The van der Waals surface area contributed by atoms with Gasteiger partial charge < -0.3 is 20.1 Å². The van der Waals surface area contributed by atoms with Crippen LogP contribution in [0.5, 0.6) is 0 Å². The minimum absolute atomic E-state index is 0.0609. The van der Waals surface area contributed by atoms with E-state index in [1.807, 2.05) is 24.3 Å². The Labute approximate surface area is 171 Å². The normalized spacial score (nSPS) is 19.2. The highest BCUT2D eigenvalue weighted by molar-refractivity contribution is 5.86. The Bertz CT molecular complexity index is 865. The second kappa shape index (κ2) is 9.20. The molecule has 29 heavy (non-hydrogen) atoms. The van der Waals surface area contributed by atoms with Crippen LogP contribution < -0.4 is 5.73 Å². The molecular weight excluding hydrogens is 368 g/mol. The number of carbonyl (C=O) groups is 2. The van der Waals surface area contributed by atoms with Gasteiger partial charge in [0.15, 0.2) is 5.60 Å². The number of rotatable bonds is 7. The molecule has 1 saturated heterocycles. The molecule has 2 amide bonds. The molecule has 0 unspecified atom stereocenters. The molecule has 0 radical (unpaired) electrons. The molecule has 0 aliphatic carbocycles. The van der Waals surface area contributed by atoms with E-state index < -0.39 is 11.5 Å². The molecule has 2 N–H and O–H groups in total. The Hall–Kier alpha value is -2.70. The summed E-state index contributed by atoms with van der Waals surface area (Å²) in [4.78, 5) is 26.5. The van der Waals surface area contributed by atoms with Gasteiger partial charge in [0, 0.05) is 20.1 Å². The number of aryl methyl sites for hydroxylation is 1. The third kappa shape index (κ3) is 5.02. The second-order valence-electron chi connectivity index (χ2n) is 7.51. The number of ether oxygens (including phenoxy) is 2. The zero-order valence-electron chi connectivity index (χ0n) is 17.0. The average Bonchev–Trinajstić information content (AvgIpc) is 2.72. The molecule has 6 heteroatoms. The highest BCUT2D eigenvalue weighted by Crippen LogP contribution is 2.27. The first-order chi connectivity index (χ1) is 13.9. The molecule has 2 aromatic carbocycles. The molecule has 1 heterocycles. The van der Waals surface area contributed by atoms with Crippen molar-refractivity contribution in [1.29, 1.82) is 0 Å². The minimum Gasteiger partial charge on any atom is -0.384 e. The van der Waals surface area contributed by atoms with Gasteiger partial charge in [0.2, 0.25) is 5.91 Å². The maximum absolute atomic E-state index is 12.4. The van der Waals surface area contributed by atoms with Gasteiger partial charge in [-0.2, -0.15) is 0 Å². The van der Waals surface area contributed by atoms with E-state index in [1.54, 1.807) is 12.0 Å². The smallest absolute Gasteiger partial charge is 0.251 e. The van der Waals surface area contributed by atoms with Crippen molar-refractivity contribution >= 4 is 11.8 Å². The molecule has 1 atom stereocenters. The summed E-state index contributed by atoms with van der Waals surface area (Å²) in [6, 6.07) is 16.3. The van der Waals surface area contributed by atoms with Crippen LogP contribution in [0.1, 0.15) is 17.5 Å². The zero-order chi connectivity index (χ0) is 20.9. The molecule has 154 valence electrons. The number of morpholine rings is 1. The fourth-order valence-corrected chi connectivity index (χ4v) is 3.62. The SMILES string of the molecule is COCCC(=O)N1CCO[C@@](Cc2cccc(-c3ccc(C)cc3)c2)(C(N)=O)C1. The van der Waals surface area contributed by atoms with Crippen molar-refractivity contribution < 1.29 is 19.1 Å². The Balaban J connectivity index is 1.81. The quantitative estimate of drug-likeness (QED) is 0.779. The van der Waals surface area contributed by atoms with Crippen LogP contribution in [-0.4, -0.2) is 55.7 Å². The summed E-state index contributed by atoms with van der Waals surface area (Å²) in [7, 11) is 1.56. The first-order valence-electron chi connectivity index (χ1n) is 9.80. The van der Waals surface area contributed by atoms with Crippen LogP contribution in [0.25, 0.3) is 11.1 Å². The summed E-state index contributed by atoms with van der Waals surface area (Å²) in [5.41, 5.74) is 8.83. The van der Waals surface area contributed by atoms with Gasteiger partial charge in [-0.15, -0.1) is 0 Å². The molecule has 0 bridgehead atoms. The van der Waals surface area contributed by atoms with Gasteiger partial charge in [0.05, 0.1) is 26.2 Å². The van der Waals surface area contributed by atoms with Crippen molar-refractivity contribution in [2.75, 3.05) is 33.4 Å². The van der Waals surface area contributed by atoms with Crippen molar-refractivity contribution in [3.63, 3.8) is 0 Å². The lowest BCUT2D eigenvalue weighted by Gasteiger charge is -2.40. The molecule has 2 aromatic rings. The number of amides is 2. The molecule has 0 spiro atoms. The molecule has 1 fully saturated rings. The summed E-state index contributed by atoms with van der Waals surface area (Å²) in [6.07, 6.45) is 0.588. The lowest BCUT2D eigenvalue weighted by Crippen LogP contribution is -2.61. The third-order valence-corrected chi connectivity index (χ3v) is 5.31. The first kappa shape index (κ1) is 21.0. The van der Waals surface area contributed by atoms with Crippen molar-refractivity contribution in [2.24, 2.45) is 5.73 Å². The van der Waals surface area contributed by atoms with Crippen molar-refractivity contribution in [3.05, 3.63) is 59.7 Å². The number of primary amides is 1. The summed E-state index contributed by atoms with van der Waals surface area (Å²) < 4.78 is 10.9. The van der Waals surface area contributed by atoms with Gasteiger partial charge in [0.25, 0.3) is 5.91 Å². The van der Waals surface area contributed by atoms with E-state index in [9.17, 15) is 9.59 Å². The van der Waals surface area contributed by atoms with E-state index in [-0.39, 0.29) is 25.5 Å². The van der Waals surface area contributed by atoms with E-state index in [2.05, 4.69) is 31.2 Å². The second-order valence-corrected chi connectivity index (χ2v) is 7.51. The molecule has 3 rings (SSSR count). The Kier molecular flexibility index (Phi) is 6.67. The van der Waals surface area contributed by atoms with E-state index in [0.717, 1.165) is 16.7 Å². The van der Waals surface area contributed by atoms with Gasteiger partial charge in [-0.25, -0.2) is 0 Å². The predicted molar refractivity (Wildman–Crippen MR) is 111 cm³/mol. The zero-order valence-corrected chi connectivity index (χ0v) is 17.0. The molecule has 1 aliphatic heterocycles. The van der Waals surface area contributed by atoms with Crippen LogP contribution in [0.3, 0.4) is 0 Å². The first-order valence-corrected chi connectivity index (χ1v) is 9.80. The maximum atomic E-state index is 12.4. The topological polar surface area (TPSA) is 81.9 Å². The number of nitrogens with two attached hydrogens (primary N) is 1. The van der Waals surface area contributed by atoms with E-state index in [4.69, 9.17) is 15.2 Å². The molecule has 0 saturated carbocycles. The van der Waals surface area contributed by atoms with E-state index in [0.29, 0.717) is 19.6 Å². The molecule has 6 nitrogen and oxygen atoms in total. The van der Waals surface area contributed by atoms with Gasteiger partial charge in [-0.3, -0.25) is 9.59 Å².